The fourth-order valence-corrected chi connectivity index (χ4v) is 5.18. The molecule has 0 spiro atoms. The molecular formula is C18H31N5O4S. The Morgan fingerprint density at radius 3 is 2.54 bits per heavy atom. The van der Waals surface area contributed by atoms with Crippen molar-refractivity contribution in [2.24, 2.45) is 11.8 Å². The first-order valence-electron chi connectivity index (χ1n) is 9.83. The van der Waals surface area contributed by atoms with Crippen LogP contribution in [0.1, 0.15) is 20.3 Å². The van der Waals surface area contributed by atoms with Crippen molar-refractivity contribution in [1.29, 1.82) is 0 Å². The van der Waals surface area contributed by atoms with E-state index in [-0.39, 0.29) is 35.6 Å². The van der Waals surface area contributed by atoms with Gasteiger partial charge < -0.3 is 14.5 Å². The van der Waals surface area contributed by atoms with Crippen LogP contribution in [-0.4, -0.2) is 96.4 Å². The van der Waals surface area contributed by atoms with Gasteiger partial charge in [0.05, 0.1) is 42.6 Å². The first-order valence-corrected chi connectivity index (χ1v) is 10.9. The van der Waals surface area contributed by atoms with E-state index in [1.807, 2.05) is 4.90 Å². The van der Waals surface area contributed by atoms with Crippen LogP contribution in [0.15, 0.2) is 0 Å². The lowest BCUT2D eigenvalue weighted by Gasteiger charge is -2.50. The van der Waals surface area contributed by atoms with Gasteiger partial charge in [-0.3, -0.25) is 25.1 Å². The van der Waals surface area contributed by atoms with Crippen molar-refractivity contribution in [2.75, 3.05) is 46.2 Å². The number of nitrogens with one attached hydrogen (secondary N) is 2. The van der Waals surface area contributed by atoms with Crippen molar-refractivity contribution in [3.05, 3.63) is 0 Å². The van der Waals surface area contributed by atoms with Crippen molar-refractivity contribution >= 4 is 29.6 Å². The summed E-state index contributed by atoms with van der Waals surface area (Å²) in [5.74, 6) is 0.145. The Morgan fingerprint density at radius 1 is 1.21 bits per heavy atom. The van der Waals surface area contributed by atoms with E-state index in [9.17, 15) is 14.4 Å². The monoisotopic (exact) mass is 413 g/mol. The first kappa shape index (κ1) is 21.4. The van der Waals surface area contributed by atoms with E-state index >= 15 is 0 Å². The Balaban J connectivity index is 1.72. The smallest absolute Gasteiger partial charge is 0.327 e. The summed E-state index contributed by atoms with van der Waals surface area (Å²) in [7, 11) is 3.23. The summed E-state index contributed by atoms with van der Waals surface area (Å²) < 4.78 is 5.30. The number of thioether (sulfide) groups is 1. The van der Waals surface area contributed by atoms with Crippen LogP contribution in [-0.2, 0) is 14.3 Å². The molecule has 9 nitrogen and oxygen atoms in total. The molecule has 3 saturated heterocycles. The van der Waals surface area contributed by atoms with Gasteiger partial charge in [-0.1, -0.05) is 13.8 Å². The van der Waals surface area contributed by atoms with E-state index < -0.39 is 5.92 Å². The summed E-state index contributed by atoms with van der Waals surface area (Å²) >= 11 is 1.46. The third-order valence-electron chi connectivity index (χ3n) is 5.48. The molecule has 3 fully saturated rings. The van der Waals surface area contributed by atoms with Crippen LogP contribution < -0.4 is 10.6 Å². The molecule has 0 radical (unpaired) electrons. The maximum atomic E-state index is 12.9. The lowest BCUT2D eigenvalue weighted by atomic mass is 9.95. The Morgan fingerprint density at radius 2 is 1.89 bits per heavy atom. The molecule has 4 atom stereocenters. The number of urea groups is 1. The molecule has 3 heterocycles. The number of morpholine rings is 1. The molecule has 0 saturated carbocycles. The van der Waals surface area contributed by atoms with E-state index in [0.29, 0.717) is 38.0 Å². The van der Waals surface area contributed by atoms with E-state index in [0.717, 1.165) is 6.42 Å². The molecule has 0 aromatic carbocycles. The van der Waals surface area contributed by atoms with Crippen molar-refractivity contribution in [2.45, 2.75) is 38.0 Å². The molecule has 0 aromatic rings. The number of amides is 4. The van der Waals surface area contributed by atoms with E-state index in [1.165, 1.54) is 23.7 Å². The number of hydrogen-bond donors (Lipinski definition) is 2. The van der Waals surface area contributed by atoms with Gasteiger partial charge >= 0.3 is 6.03 Å². The van der Waals surface area contributed by atoms with Crippen molar-refractivity contribution in [1.82, 2.24) is 25.3 Å². The highest BCUT2D eigenvalue weighted by Gasteiger charge is 2.50. The average Bonchev–Trinajstić information content (AvgIpc) is 2.68. The third-order valence-corrected chi connectivity index (χ3v) is 6.68. The van der Waals surface area contributed by atoms with Crippen LogP contribution in [0, 0.1) is 11.8 Å². The summed E-state index contributed by atoms with van der Waals surface area (Å²) in [6.45, 7) is 6.63. The zero-order chi connectivity index (χ0) is 20.4. The second kappa shape index (κ2) is 8.98. The fourth-order valence-electron chi connectivity index (χ4n) is 3.94. The van der Waals surface area contributed by atoms with Gasteiger partial charge in [0.2, 0.25) is 11.8 Å². The van der Waals surface area contributed by atoms with Crippen molar-refractivity contribution < 1.29 is 19.1 Å². The van der Waals surface area contributed by atoms with Crippen LogP contribution in [0.3, 0.4) is 0 Å². The topological polar surface area (TPSA) is 94.2 Å². The van der Waals surface area contributed by atoms with Crippen LogP contribution in [0.25, 0.3) is 0 Å². The summed E-state index contributed by atoms with van der Waals surface area (Å²) in [6, 6.07) is -0.308. The van der Waals surface area contributed by atoms with Gasteiger partial charge in [-0.2, -0.15) is 0 Å². The number of rotatable bonds is 5. The molecule has 0 aromatic heterocycles. The molecule has 2 N–H and O–H groups in total. The van der Waals surface area contributed by atoms with Crippen LogP contribution in [0.4, 0.5) is 4.79 Å². The Hall–Kier alpha value is -1.36. The van der Waals surface area contributed by atoms with Gasteiger partial charge in [0.25, 0.3) is 0 Å². The van der Waals surface area contributed by atoms with Crippen molar-refractivity contribution in [3.8, 4) is 0 Å². The molecule has 10 heteroatoms. The minimum Gasteiger partial charge on any atom is -0.378 e. The molecule has 158 valence electrons. The Bertz CT molecular complexity index is 613. The average molecular weight is 414 g/mol. The SMILES string of the molecule is CC(C)CC1NC(SCC(=O)N2CCOCC2)C2C(=O)N(C)C(=O)N(C)C2N1. The molecule has 4 amide bonds. The highest BCUT2D eigenvalue weighted by Crippen LogP contribution is 2.32. The van der Waals surface area contributed by atoms with Crippen LogP contribution >= 0.6 is 11.8 Å². The number of ether oxygens (including phenoxy) is 1. The highest BCUT2D eigenvalue weighted by atomic mass is 32.2. The van der Waals surface area contributed by atoms with Gasteiger partial charge in [-0.05, 0) is 12.3 Å². The number of carbonyl (C=O) groups is 3. The molecule has 4 unspecified atom stereocenters. The summed E-state index contributed by atoms with van der Waals surface area (Å²) in [6.07, 6.45) is 0.463. The normalized spacial score (nSPS) is 31.4. The summed E-state index contributed by atoms with van der Waals surface area (Å²) in [4.78, 5) is 42.4. The molecule has 3 aliphatic rings. The fraction of sp³-hybridized carbons (Fsp3) is 0.833. The predicted octanol–water partition coefficient (Wildman–Crippen LogP) is -0.0644. The zero-order valence-electron chi connectivity index (χ0n) is 17.0. The van der Waals surface area contributed by atoms with Gasteiger partial charge in [-0.15, -0.1) is 11.8 Å². The maximum Gasteiger partial charge on any atom is 0.327 e. The van der Waals surface area contributed by atoms with Crippen LogP contribution in [0.5, 0.6) is 0 Å². The van der Waals surface area contributed by atoms with Gasteiger partial charge in [0.1, 0.15) is 0 Å². The summed E-state index contributed by atoms with van der Waals surface area (Å²) in [5.41, 5.74) is 0. The van der Waals surface area contributed by atoms with E-state index in [4.69, 9.17) is 4.74 Å². The minimum atomic E-state index is -0.446. The lowest BCUT2D eigenvalue weighted by molar-refractivity contribution is -0.140. The molecule has 3 rings (SSSR count). The second-order valence-electron chi connectivity index (χ2n) is 8.00. The van der Waals surface area contributed by atoms with Gasteiger partial charge in [0.15, 0.2) is 0 Å². The first-order chi connectivity index (χ1) is 13.3. The minimum absolute atomic E-state index is 0.0244. The number of fused-ring (bicyclic) bond motifs is 1. The predicted molar refractivity (Wildman–Crippen MR) is 106 cm³/mol. The number of carbonyl (C=O) groups excluding carboxylic acids is 3. The molecule has 28 heavy (non-hydrogen) atoms. The molecular weight excluding hydrogens is 382 g/mol. The summed E-state index contributed by atoms with van der Waals surface area (Å²) in [5, 5.41) is 6.67. The largest absolute Gasteiger partial charge is 0.378 e. The van der Waals surface area contributed by atoms with Crippen molar-refractivity contribution in [3.63, 3.8) is 0 Å². The van der Waals surface area contributed by atoms with Crippen LogP contribution in [0.2, 0.25) is 0 Å². The van der Waals surface area contributed by atoms with E-state index in [2.05, 4.69) is 24.5 Å². The number of nitrogens with zero attached hydrogens (tertiary/aromatic N) is 3. The molecule has 3 aliphatic heterocycles. The zero-order valence-corrected chi connectivity index (χ0v) is 17.8. The number of imide groups is 1. The Labute approximate surface area is 170 Å². The van der Waals surface area contributed by atoms with Gasteiger partial charge in [0, 0.05) is 27.2 Å². The number of hydrogen-bond acceptors (Lipinski definition) is 7. The maximum absolute atomic E-state index is 12.9. The molecule has 0 aliphatic carbocycles. The van der Waals surface area contributed by atoms with Gasteiger partial charge in [-0.25, -0.2) is 4.79 Å². The molecule has 0 bridgehead atoms. The Kier molecular flexibility index (Phi) is 6.85. The highest BCUT2D eigenvalue weighted by molar-refractivity contribution is 8.00. The third kappa shape index (κ3) is 4.45. The standard InChI is InChI=1S/C18H31N5O4S/c1-11(2)9-12-19-15-14(17(25)22(4)18(26)21(15)3)16(20-12)28-10-13(24)23-5-7-27-8-6-23/h11-12,14-16,19-20H,5-10H2,1-4H3. The second-order valence-corrected chi connectivity index (χ2v) is 9.13. The quantitative estimate of drug-likeness (QED) is 0.652. The van der Waals surface area contributed by atoms with E-state index in [1.54, 1.807) is 11.9 Å². The lowest BCUT2D eigenvalue weighted by Crippen LogP contribution is -2.74.